The van der Waals surface area contributed by atoms with Crippen LogP contribution in [0.2, 0.25) is 10.0 Å². The first-order chi connectivity index (χ1) is 16.7. The number of hydrogen-bond acceptors (Lipinski definition) is 4. The van der Waals surface area contributed by atoms with Crippen molar-refractivity contribution in [2.45, 2.75) is 17.6 Å². The molecular formula is C27H21Cl2NO4S. The van der Waals surface area contributed by atoms with E-state index in [0.29, 0.717) is 38.4 Å². The summed E-state index contributed by atoms with van der Waals surface area (Å²) in [5.74, 6) is 0.127. The smallest absolute Gasteiger partial charge is 0.256 e. The average Bonchev–Trinajstić information content (AvgIpc) is 2.84. The molecule has 1 amide bonds. The molecule has 0 aliphatic carbocycles. The van der Waals surface area contributed by atoms with Crippen LogP contribution in [0.25, 0.3) is 0 Å². The molecule has 0 aliphatic rings. The molecule has 0 aliphatic heterocycles. The van der Waals surface area contributed by atoms with Gasteiger partial charge in [0.15, 0.2) is 9.84 Å². The van der Waals surface area contributed by atoms with Crippen LogP contribution in [0.3, 0.4) is 0 Å². The van der Waals surface area contributed by atoms with Crippen molar-refractivity contribution in [3.8, 4) is 11.5 Å². The van der Waals surface area contributed by atoms with Crippen LogP contribution in [0.1, 0.15) is 21.5 Å². The highest BCUT2D eigenvalue weighted by Gasteiger charge is 2.21. The molecule has 0 saturated heterocycles. The summed E-state index contributed by atoms with van der Waals surface area (Å²) < 4.78 is 32.0. The average molecular weight is 526 g/mol. The van der Waals surface area contributed by atoms with E-state index >= 15 is 0 Å². The lowest BCUT2D eigenvalue weighted by Gasteiger charge is -2.14. The molecule has 5 nitrogen and oxygen atoms in total. The van der Waals surface area contributed by atoms with Crippen LogP contribution in [0.5, 0.6) is 11.5 Å². The largest absolute Gasteiger partial charge is 0.457 e. The summed E-state index contributed by atoms with van der Waals surface area (Å²) >= 11 is 12.3. The summed E-state index contributed by atoms with van der Waals surface area (Å²) in [5, 5.41) is 3.49. The van der Waals surface area contributed by atoms with Gasteiger partial charge in [0.05, 0.1) is 20.7 Å². The number of amides is 1. The van der Waals surface area contributed by atoms with Crippen LogP contribution in [0, 0.1) is 6.92 Å². The highest BCUT2D eigenvalue weighted by Crippen LogP contribution is 2.31. The van der Waals surface area contributed by atoms with Gasteiger partial charge in [0.1, 0.15) is 11.5 Å². The van der Waals surface area contributed by atoms with Crippen molar-refractivity contribution >= 4 is 44.6 Å². The molecule has 0 atom stereocenters. The van der Waals surface area contributed by atoms with Crippen LogP contribution in [-0.4, -0.2) is 14.3 Å². The fourth-order valence-corrected chi connectivity index (χ4v) is 5.27. The number of carbonyl (C=O) groups excluding carboxylic acids is 1. The second-order valence-corrected chi connectivity index (χ2v) is 10.6. The number of sulfone groups is 1. The highest BCUT2D eigenvalue weighted by atomic mass is 35.5. The van der Waals surface area contributed by atoms with Gasteiger partial charge in [-0.3, -0.25) is 4.79 Å². The van der Waals surface area contributed by atoms with E-state index in [1.54, 1.807) is 61.5 Å². The minimum atomic E-state index is -3.69. The summed E-state index contributed by atoms with van der Waals surface area (Å²) in [6.45, 7) is 1.77. The van der Waals surface area contributed by atoms with Gasteiger partial charge in [0.25, 0.3) is 5.91 Å². The van der Waals surface area contributed by atoms with Gasteiger partial charge < -0.3 is 10.1 Å². The first-order valence-electron chi connectivity index (χ1n) is 10.6. The lowest BCUT2D eigenvalue weighted by atomic mass is 10.1. The van der Waals surface area contributed by atoms with Crippen LogP contribution in [0.15, 0.2) is 95.9 Å². The Morgan fingerprint density at radius 2 is 1.51 bits per heavy atom. The molecule has 35 heavy (non-hydrogen) atoms. The third-order valence-electron chi connectivity index (χ3n) is 5.22. The zero-order chi connectivity index (χ0) is 25.0. The molecule has 0 spiro atoms. The van der Waals surface area contributed by atoms with Crippen molar-refractivity contribution in [3.05, 3.63) is 118 Å². The molecule has 0 saturated carbocycles. The quantitative estimate of drug-likeness (QED) is 0.274. The van der Waals surface area contributed by atoms with Gasteiger partial charge in [-0.05, 0) is 66.6 Å². The van der Waals surface area contributed by atoms with E-state index in [1.807, 2.05) is 18.2 Å². The van der Waals surface area contributed by atoms with Crippen molar-refractivity contribution < 1.29 is 17.9 Å². The predicted octanol–water partition coefficient (Wildman–Crippen LogP) is 7.32. The highest BCUT2D eigenvalue weighted by molar-refractivity contribution is 7.90. The minimum Gasteiger partial charge on any atom is -0.457 e. The fraction of sp³-hybridized carbons (Fsp3) is 0.0741. The Balaban J connectivity index is 1.71. The molecule has 0 heterocycles. The molecule has 178 valence electrons. The van der Waals surface area contributed by atoms with Crippen LogP contribution in [-0.2, 0) is 15.6 Å². The predicted molar refractivity (Wildman–Crippen MR) is 139 cm³/mol. The van der Waals surface area contributed by atoms with E-state index in [4.69, 9.17) is 27.9 Å². The van der Waals surface area contributed by atoms with E-state index in [2.05, 4.69) is 5.32 Å². The maximum Gasteiger partial charge on any atom is 0.256 e. The molecule has 0 bridgehead atoms. The number of anilines is 1. The zero-order valence-electron chi connectivity index (χ0n) is 18.7. The number of aryl methyl sites for hydroxylation is 1. The van der Waals surface area contributed by atoms with Gasteiger partial charge in [-0.1, -0.05) is 65.7 Å². The van der Waals surface area contributed by atoms with Gasteiger partial charge >= 0.3 is 0 Å². The molecule has 4 rings (SSSR count). The van der Waals surface area contributed by atoms with Gasteiger partial charge in [0, 0.05) is 11.3 Å². The number of ether oxygens (including phenoxy) is 1. The molecular weight excluding hydrogens is 505 g/mol. The summed E-state index contributed by atoms with van der Waals surface area (Å²) in [7, 11) is -3.69. The Hall–Kier alpha value is -3.32. The van der Waals surface area contributed by atoms with E-state index in [9.17, 15) is 13.2 Å². The molecule has 0 unspecified atom stereocenters. The second kappa shape index (κ2) is 10.5. The Kier molecular flexibility index (Phi) is 7.45. The molecule has 1 N–H and O–H groups in total. The van der Waals surface area contributed by atoms with Crippen molar-refractivity contribution in [3.63, 3.8) is 0 Å². The molecule has 4 aromatic carbocycles. The normalized spacial score (nSPS) is 11.2. The van der Waals surface area contributed by atoms with E-state index in [1.165, 1.54) is 18.2 Å². The van der Waals surface area contributed by atoms with Gasteiger partial charge in [-0.15, -0.1) is 0 Å². The summed E-state index contributed by atoms with van der Waals surface area (Å²) in [5.41, 5.74) is 1.64. The Labute approximate surface area is 214 Å². The summed E-state index contributed by atoms with van der Waals surface area (Å²) in [6.07, 6.45) is 0. The number of benzene rings is 4. The van der Waals surface area contributed by atoms with E-state index in [-0.39, 0.29) is 16.2 Å². The number of hydrogen-bond donors (Lipinski definition) is 1. The zero-order valence-corrected chi connectivity index (χ0v) is 21.0. The van der Waals surface area contributed by atoms with Crippen molar-refractivity contribution in [2.24, 2.45) is 0 Å². The van der Waals surface area contributed by atoms with Gasteiger partial charge in [-0.2, -0.15) is 0 Å². The summed E-state index contributed by atoms with van der Waals surface area (Å²) in [6, 6.07) is 25.2. The number of halogens is 2. The molecule has 0 aromatic heterocycles. The van der Waals surface area contributed by atoms with E-state index < -0.39 is 15.7 Å². The number of rotatable bonds is 7. The van der Waals surface area contributed by atoms with Crippen molar-refractivity contribution in [1.29, 1.82) is 0 Å². The van der Waals surface area contributed by atoms with Gasteiger partial charge in [-0.25, -0.2) is 8.42 Å². The standard InChI is InChI=1S/C27H21Cl2NO4S/c1-18-14-20(15-25(28)26(18)29)30-27(31)24-16-22(34-21-8-4-2-5-9-21)13-12-19(24)17-35(32,33)23-10-6-3-7-11-23/h2-16H,17H2,1H3,(H,30,31). The summed E-state index contributed by atoms with van der Waals surface area (Å²) in [4.78, 5) is 13.5. The SMILES string of the molecule is Cc1cc(NC(=O)c2cc(Oc3ccccc3)ccc2CS(=O)(=O)c2ccccc2)cc(Cl)c1Cl. The lowest BCUT2D eigenvalue weighted by Crippen LogP contribution is -2.16. The molecule has 0 fully saturated rings. The first-order valence-corrected chi connectivity index (χ1v) is 13.0. The monoisotopic (exact) mass is 525 g/mol. The maximum absolute atomic E-state index is 13.3. The topological polar surface area (TPSA) is 72.5 Å². The molecule has 8 heteroatoms. The maximum atomic E-state index is 13.3. The van der Waals surface area contributed by atoms with Crippen molar-refractivity contribution in [1.82, 2.24) is 0 Å². The number of carbonyl (C=O) groups is 1. The molecule has 4 aromatic rings. The molecule has 0 radical (unpaired) electrons. The Morgan fingerprint density at radius 3 is 2.17 bits per heavy atom. The van der Waals surface area contributed by atoms with Crippen molar-refractivity contribution in [2.75, 3.05) is 5.32 Å². The lowest BCUT2D eigenvalue weighted by molar-refractivity contribution is 0.102. The van der Waals surface area contributed by atoms with Crippen LogP contribution >= 0.6 is 23.2 Å². The second-order valence-electron chi connectivity index (χ2n) is 7.85. The Morgan fingerprint density at radius 1 is 0.857 bits per heavy atom. The third kappa shape index (κ3) is 6.03. The fourth-order valence-electron chi connectivity index (χ4n) is 3.49. The van der Waals surface area contributed by atoms with Gasteiger partial charge in [0.2, 0.25) is 0 Å². The number of nitrogens with one attached hydrogen (secondary N) is 1. The van der Waals surface area contributed by atoms with Crippen LogP contribution in [0.4, 0.5) is 5.69 Å². The Bertz CT molecular complexity index is 1450. The first kappa shape index (κ1) is 24.8. The van der Waals surface area contributed by atoms with Crippen LogP contribution < -0.4 is 10.1 Å². The van der Waals surface area contributed by atoms with E-state index in [0.717, 1.165) is 0 Å². The third-order valence-corrected chi connectivity index (χ3v) is 7.80. The minimum absolute atomic E-state index is 0.168. The number of para-hydroxylation sites is 1.